The largest absolute Gasteiger partial charge is 0.494 e. The van der Waals surface area contributed by atoms with Crippen molar-refractivity contribution in [2.75, 3.05) is 5.01 Å². The van der Waals surface area contributed by atoms with Crippen molar-refractivity contribution in [3.05, 3.63) is 90.1 Å². The van der Waals surface area contributed by atoms with Crippen LogP contribution in [0.3, 0.4) is 0 Å². The van der Waals surface area contributed by atoms with Crippen molar-refractivity contribution in [2.45, 2.75) is 6.92 Å². The molecule has 0 saturated heterocycles. The Kier molecular flexibility index (Phi) is 5.12. The van der Waals surface area contributed by atoms with E-state index in [1.54, 1.807) is 49.4 Å². The summed E-state index contributed by atoms with van der Waals surface area (Å²) in [6.45, 7) is 1.63. The number of hydrogen-bond acceptors (Lipinski definition) is 5. The van der Waals surface area contributed by atoms with E-state index in [0.29, 0.717) is 17.1 Å². The summed E-state index contributed by atoms with van der Waals surface area (Å²) in [5.74, 6) is -0.999. The first kappa shape index (κ1) is 19.8. The topological polar surface area (TPSA) is 108 Å². The number of aromatic hydroxyl groups is 1. The van der Waals surface area contributed by atoms with Gasteiger partial charge in [-0.2, -0.15) is 10.1 Å². The molecule has 30 heavy (non-hydrogen) atoms. The first-order chi connectivity index (χ1) is 14.4. The van der Waals surface area contributed by atoms with Gasteiger partial charge in [-0.25, -0.2) is 9.36 Å². The second-order valence-electron chi connectivity index (χ2n) is 6.50. The standard InChI is InChI=1S/C21H15IN4O4/c1-12-16(20(29)26(24-12)15-9-7-13(22)8-10-15)11-17-18(27)23-21(30)25(19(17)28)14-5-3-2-4-6-14/h2-11,28H,1H3,(H,23,27,30)/b16-11+. The molecule has 4 rings (SSSR count). The van der Waals surface area contributed by atoms with Crippen molar-refractivity contribution in [1.82, 2.24) is 9.55 Å². The zero-order valence-electron chi connectivity index (χ0n) is 15.7. The summed E-state index contributed by atoms with van der Waals surface area (Å²) in [4.78, 5) is 39.8. The molecule has 0 radical (unpaired) electrons. The van der Waals surface area contributed by atoms with Gasteiger partial charge in [-0.05, 0) is 72.0 Å². The van der Waals surface area contributed by atoms with Crippen molar-refractivity contribution in [2.24, 2.45) is 5.10 Å². The van der Waals surface area contributed by atoms with E-state index in [2.05, 4.69) is 32.7 Å². The van der Waals surface area contributed by atoms with E-state index >= 15 is 0 Å². The summed E-state index contributed by atoms with van der Waals surface area (Å²) >= 11 is 2.16. The number of nitrogens with one attached hydrogen (secondary N) is 1. The zero-order chi connectivity index (χ0) is 21.4. The number of hydrogen-bond donors (Lipinski definition) is 2. The Morgan fingerprint density at radius 3 is 2.33 bits per heavy atom. The van der Waals surface area contributed by atoms with Crippen LogP contribution in [-0.2, 0) is 4.79 Å². The molecular weight excluding hydrogens is 499 g/mol. The van der Waals surface area contributed by atoms with E-state index in [1.165, 1.54) is 11.1 Å². The van der Waals surface area contributed by atoms with Gasteiger partial charge in [0.15, 0.2) is 0 Å². The average Bonchev–Trinajstić information content (AvgIpc) is 3.00. The Balaban J connectivity index is 1.81. The Hall–Kier alpha value is -3.47. The summed E-state index contributed by atoms with van der Waals surface area (Å²) in [6.07, 6.45) is 1.25. The van der Waals surface area contributed by atoms with Gasteiger partial charge in [0.05, 0.1) is 22.7 Å². The van der Waals surface area contributed by atoms with Crippen LogP contribution in [0.5, 0.6) is 5.88 Å². The van der Waals surface area contributed by atoms with Gasteiger partial charge in [-0.15, -0.1) is 0 Å². The number of aromatic nitrogens is 2. The Morgan fingerprint density at radius 2 is 1.67 bits per heavy atom. The van der Waals surface area contributed by atoms with Crippen molar-refractivity contribution in [3.8, 4) is 11.6 Å². The highest BCUT2D eigenvalue weighted by molar-refractivity contribution is 14.1. The molecule has 0 unspecified atom stereocenters. The van der Waals surface area contributed by atoms with Crippen molar-refractivity contribution in [1.29, 1.82) is 0 Å². The fourth-order valence-corrected chi connectivity index (χ4v) is 3.43. The second kappa shape index (κ2) is 7.75. The van der Waals surface area contributed by atoms with E-state index in [0.717, 1.165) is 8.14 Å². The molecule has 3 aromatic rings. The fourth-order valence-electron chi connectivity index (χ4n) is 3.07. The zero-order valence-corrected chi connectivity index (χ0v) is 17.8. The summed E-state index contributed by atoms with van der Waals surface area (Å²) in [6, 6.07) is 15.6. The van der Waals surface area contributed by atoms with E-state index in [1.807, 2.05) is 12.1 Å². The fraction of sp³-hybridized carbons (Fsp3) is 0.0476. The molecule has 1 aliphatic heterocycles. The molecule has 0 bridgehead atoms. The number of aromatic amines is 1. The van der Waals surface area contributed by atoms with E-state index in [4.69, 9.17) is 0 Å². The Bertz CT molecular complexity index is 1320. The number of carbonyl (C=O) groups is 1. The number of H-pyrrole nitrogens is 1. The molecule has 0 atom stereocenters. The van der Waals surface area contributed by atoms with E-state index in [9.17, 15) is 19.5 Å². The molecule has 9 heteroatoms. The van der Waals surface area contributed by atoms with E-state index < -0.39 is 23.0 Å². The predicted octanol–water partition coefficient (Wildman–Crippen LogP) is 2.64. The van der Waals surface area contributed by atoms with Gasteiger partial charge in [0.1, 0.15) is 5.56 Å². The molecule has 2 aromatic carbocycles. The molecular formula is C21H15IN4O4. The smallest absolute Gasteiger partial charge is 0.335 e. The van der Waals surface area contributed by atoms with Gasteiger partial charge in [0.2, 0.25) is 5.88 Å². The molecule has 8 nitrogen and oxygen atoms in total. The number of amides is 1. The lowest BCUT2D eigenvalue weighted by molar-refractivity contribution is -0.114. The molecule has 0 fully saturated rings. The number of para-hydroxylation sites is 1. The molecule has 1 aliphatic rings. The minimum atomic E-state index is -0.800. The minimum absolute atomic E-state index is 0.146. The van der Waals surface area contributed by atoms with Crippen LogP contribution in [0.2, 0.25) is 0 Å². The van der Waals surface area contributed by atoms with Gasteiger partial charge in [0.25, 0.3) is 11.5 Å². The van der Waals surface area contributed by atoms with Crippen molar-refractivity contribution in [3.63, 3.8) is 0 Å². The summed E-state index contributed by atoms with van der Waals surface area (Å²) < 4.78 is 1.98. The number of rotatable bonds is 3. The maximum absolute atomic E-state index is 12.9. The maximum Gasteiger partial charge on any atom is 0.335 e. The number of anilines is 1. The third kappa shape index (κ3) is 3.47. The third-order valence-electron chi connectivity index (χ3n) is 4.56. The van der Waals surface area contributed by atoms with Crippen LogP contribution >= 0.6 is 22.6 Å². The van der Waals surface area contributed by atoms with Gasteiger partial charge >= 0.3 is 5.69 Å². The van der Waals surface area contributed by atoms with Crippen LogP contribution < -0.4 is 16.3 Å². The number of nitrogens with zero attached hydrogens (tertiary/aromatic N) is 3. The van der Waals surface area contributed by atoms with Crippen LogP contribution in [0.1, 0.15) is 12.5 Å². The normalized spacial score (nSPS) is 15.0. The minimum Gasteiger partial charge on any atom is -0.494 e. The lowest BCUT2D eigenvalue weighted by atomic mass is 10.1. The van der Waals surface area contributed by atoms with Crippen LogP contribution in [0.15, 0.2) is 74.9 Å². The highest BCUT2D eigenvalue weighted by atomic mass is 127. The van der Waals surface area contributed by atoms with Crippen LogP contribution in [0, 0.1) is 3.57 Å². The quantitative estimate of drug-likeness (QED) is 0.414. The number of halogens is 1. The first-order valence-electron chi connectivity index (χ1n) is 8.88. The highest BCUT2D eigenvalue weighted by Gasteiger charge is 2.29. The first-order valence-corrected chi connectivity index (χ1v) is 9.95. The Morgan fingerprint density at radius 1 is 1.00 bits per heavy atom. The monoisotopic (exact) mass is 514 g/mol. The molecule has 0 spiro atoms. The molecule has 1 amide bonds. The van der Waals surface area contributed by atoms with Gasteiger partial charge < -0.3 is 5.11 Å². The second-order valence-corrected chi connectivity index (χ2v) is 7.75. The molecule has 0 saturated carbocycles. The molecule has 0 aliphatic carbocycles. The van der Waals surface area contributed by atoms with Crippen LogP contribution in [0.4, 0.5) is 5.69 Å². The predicted molar refractivity (Wildman–Crippen MR) is 122 cm³/mol. The van der Waals surface area contributed by atoms with Crippen molar-refractivity contribution < 1.29 is 9.90 Å². The third-order valence-corrected chi connectivity index (χ3v) is 5.28. The average molecular weight is 514 g/mol. The van der Waals surface area contributed by atoms with Crippen LogP contribution in [-0.4, -0.2) is 26.3 Å². The number of hydrazone groups is 1. The summed E-state index contributed by atoms with van der Waals surface area (Å²) in [5.41, 5.74) is -0.307. The molecule has 2 heterocycles. The lowest BCUT2D eigenvalue weighted by Crippen LogP contribution is -2.30. The number of carbonyl (C=O) groups excluding carboxylic acids is 1. The summed E-state index contributed by atoms with van der Waals surface area (Å²) in [5, 5.41) is 16.2. The van der Waals surface area contributed by atoms with Gasteiger partial charge in [-0.1, -0.05) is 18.2 Å². The van der Waals surface area contributed by atoms with Crippen molar-refractivity contribution >= 4 is 46.0 Å². The van der Waals surface area contributed by atoms with E-state index in [-0.39, 0.29) is 11.1 Å². The summed E-state index contributed by atoms with van der Waals surface area (Å²) in [7, 11) is 0. The lowest BCUT2D eigenvalue weighted by Gasteiger charge is -2.12. The molecule has 2 N–H and O–H groups in total. The van der Waals surface area contributed by atoms with Gasteiger partial charge in [0, 0.05) is 3.57 Å². The molecule has 1 aromatic heterocycles. The van der Waals surface area contributed by atoms with Crippen LogP contribution in [0.25, 0.3) is 11.8 Å². The Labute approximate surface area is 183 Å². The number of benzene rings is 2. The maximum atomic E-state index is 12.9. The molecule has 150 valence electrons. The SMILES string of the molecule is CC1=NN(c2ccc(I)cc2)C(=O)/C1=C/c1c(O)n(-c2ccccc2)c(=O)[nH]c1=O. The highest BCUT2D eigenvalue weighted by Crippen LogP contribution is 2.26. The van der Waals surface area contributed by atoms with Gasteiger partial charge in [-0.3, -0.25) is 14.6 Å².